The molecule has 0 radical (unpaired) electrons. The van der Waals surface area contributed by atoms with Gasteiger partial charge in [-0.15, -0.1) is 0 Å². The van der Waals surface area contributed by atoms with Crippen molar-refractivity contribution in [2.75, 3.05) is 24.7 Å². The Morgan fingerprint density at radius 3 is 2.32 bits per heavy atom. The fourth-order valence-corrected chi connectivity index (χ4v) is 5.96. The van der Waals surface area contributed by atoms with Crippen molar-refractivity contribution >= 4 is 38.0 Å². The number of pyridine rings is 1. The van der Waals surface area contributed by atoms with Crippen molar-refractivity contribution < 1.29 is 13.5 Å². The molecular weight excluding hydrogens is 470 g/mol. The van der Waals surface area contributed by atoms with Crippen LogP contribution in [0.2, 0.25) is 5.02 Å². The Kier molecular flexibility index (Phi) is 7.36. The molecule has 1 aromatic heterocycles. The highest BCUT2D eigenvalue weighted by Crippen LogP contribution is 2.36. The molecule has 0 atom stereocenters. The van der Waals surface area contributed by atoms with Gasteiger partial charge in [-0.3, -0.25) is 4.98 Å². The van der Waals surface area contributed by atoms with Crippen LogP contribution in [0.15, 0.2) is 47.5 Å². The number of anilines is 1. The van der Waals surface area contributed by atoms with Gasteiger partial charge in [0.25, 0.3) is 0 Å². The van der Waals surface area contributed by atoms with Gasteiger partial charge in [-0.1, -0.05) is 37.6 Å². The maximum Gasteiger partial charge on any atom is 0.179 e. The van der Waals surface area contributed by atoms with Gasteiger partial charge in [-0.2, -0.15) is 0 Å². The molecule has 3 aromatic rings. The largest absolute Gasteiger partial charge is 0.506 e. The third kappa shape index (κ3) is 5.16. The zero-order valence-electron chi connectivity index (χ0n) is 19.9. The Labute approximate surface area is 206 Å². The van der Waals surface area contributed by atoms with E-state index in [2.05, 4.69) is 29.0 Å². The maximum absolute atomic E-state index is 12.7. The van der Waals surface area contributed by atoms with Crippen molar-refractivity contribution in [3.63, 3.8) is 0 Å². The molecule has 1 aliphatic rings. The molecule has 6 nitrogen and oxygen atoms in total. The van der Waals surface area contributed by atoms with Gasteiger partial charge in [0, 0.05) is 29.9 Å². The van der Waals surface area contributed by atoms with E-state index in [1.54, 1.807) is 18.2 Å². The maximum atomic E-state index is 12.7. The zero-order valence-corrected chi connectivity index (χ0v) is 21.5. The molecule has 1 fully saturated rings. The van der Waals surface area contributed by atoms with Gasteiger partial charge in [-0.25, -0.2) is 8.42 Å². The van der Waals surface area contributed by atoms with Crippen molar-refractivity contribution in [3.05, 3.63) is 47.6 Å². The Hall–Kier alpha value is -2.35. The molecule has 34 heavy (non-hydrogen) atoms. The highest BCUT2D eigenvalue weighted by Gasteiger charge is 2.26. The summed E-state index contributed by atoms with van der Waals surface area (Å²) in [6.07, 6.45) is 6.84. The van der Waals surface area contributed by atoms with Gasteiger partial charge in [-0.05, 0) is 74.2 Å². The topological polar surface area (TPSA) is 82.5 Å². The van der Waals surface area contributed by atoms with Crippen LogP contribution < -0.4 is 5.32 Å². The molecule has 0 amide bonds. The minimum Gasteiger partial charge on any atom is -0.506 e. The number of phenols is 1. The van der Waals surface area contributed by atoms with Crippen molar-refractivity contribution in [2.24, 2.45) is 0 Å². The van der Waals surface area contributed by atoms with Gasteiger partial charge < -0.3 is 15.3 Å². The van der Waals surface area contributed by atoms with Crippen LogP contribution in [-0.2, 0) is 9.84 Å². The van der Waals surface area contributed by atoms with Gasteiger partial charge in [0.2, 0.25) is 0 Å². The number of sulfone groups is 1. The van der Waals surface area contributed by atoms with E-state index in [0.717, 1.165) is 60.8 Å². The second-order valence-corrected chi connectivity index (χ2v) is 11.4. The number of fused-ring (bicyclic) bond motifs is 1. The fourth-order valence-electron chi connectivity index (χ4n) is 5.00. The van der Waals surface area contributed by atoms with Crippen LogP contribution in [0.5, 0.6) is 5.75 Å². The van der Waals surface area contributed by atoms with Crippen LogP contribution >= 0.6 is 11.6 Å². The zero-order chi connectivity index (χ0) is 24.5. The van der Waals surface area contributed by atoms with Crippen molar-refractivity contribution in [2.45, 2.75) is 56.5 Å². The van der Waals surface area contributed by atoms with Crippen molar-refractivity contribution in [1.29, 1.82) is 0 Å². The first kappa shape index (κ1) is 24.8. The number of rotatable bonds is 7. The van der Waals surface area contributed by atoms with E-state index < -0.39 is 9.84 Å². The highest BCUT2D eigenvalue weighted by molar-refractivity contribution is 7.90. The Bertz CT molecular complexity index is 1280. The predicted molar refractivity (Wildman–Crippen MR) is 140 cm³/mol. The summed E-state index contributed by atoms with van der Waals surface area (Å²) in [6.45, 7) is 6.51. The Morgan fingerprint density at radius 2 is 1.71 bits per heavy atom. The number of aromatic nitrogens is 1. The van der Waals surface area contributed by atoms with Crippen LogP contribution in [0, 0.1) is 0 Å². The predicted octanol–water partition coefficient (Wildman–Crippen LogP) is 5.73. The van der Waals surface area contributed by atoms with E-state index in [4.69, 9.17) is 11.6 Å². The summed E-state index contributed by atoms with van der Waals surface area (Å²) in [5.74, 6) is 0.0231. The molecule has 1 heterocycles. The average molecular weight is 502 g/mol. The van der Waals surface area contributed by atoms with E-state index in [0.29, 0.717) is 11.7 Å². The number of hydrogen-bond donors (Lipinski definition) is 2. The molecule has 0 saturated heterocycles. The summed E-state index contributed by atoms with van der Waals surface area (Å²) < 4.78 is 25.3. The second kappa shape index (κ2) is 10.1. The summed E-state index contributed by atoms with van der Waals surface area (Å²) >= 11 is 6.12. The van der Waals surface area contributed by atoms with E-state index in [1.807, 2.05) is 18.2 Å². The molecule has 1 saturated carbocycles. The van der Waals surface area contributed by atoms with E-state index in [9.17, 15) is 13.5 Å². The molecule has 1 aliphatic carbocycles. The van der Waals surface area contributed by atoms with E-state index in [-0.39, 0.29) is 21.7 Å². The molecule has 182 valence electrons. The SMILES string of the molecule is CCN(CC)C1CCC(Nc2c(S(C)(=O)=O)cnc3ccc(-c4ccc(O)c(Cl)c4)cc23)CC1. The molecule has 2 N–H and O–H groups in total. The summed E-state index contributed by atoms with van der Waals surface area (Å²) in [5.41, 5.74) is 3.04. The molecule has 2 aromatic carbocycles. The minimum atomic E-state index is -3.49. The smallest absolute Gasteiger partial charge is 0.179 e. The van der Waals surface area contributed by atoms with Gasteiger partial charge in [0.1, 0.15) is 10.6 Å². The molecule has 0 spiro atoms. The average Bonchev–Trinajstić information content (AvgIpc) is 2.82. The molecule has 0 unspecified atom stereocenters. The van der Waals surface area contributed by atoms with E-state index >= 15 is 0 Å². The quantitative estimate of drug-likeness (QED) is 0.430. The summed E-state index contributed by atoms with van der Waals surface area (Å²) in [4.78, 5) is 7.16. The first-order valence-corrected chi connectivity index (χ1v) is 14.1. The van der Waals surface area contributed by atoms with Crippen molar-refractivity contribution in [3.8, 4) is 16.9 Å². The Balaban J connectivity index is 1.72. The summed E-state index contributed by atoms with van der Waals surface area (Å²) in [5, 5.41) is 14.4. The van der Waals surface area contributed by atoms with Crippen LogP contribution in [0.4, 0.5) is 5.69 Å². The Morgan fingerprint density at radius 1 is 1.06 bits per heavy atom. The number of benzene rings is 2. The number of hydrogen-bond acceptors (Lipinski definition) is 6. The molecule has 0 aliphatic heterocycles. The third-order valence-electron chi connectivity index (χ3n) is 6.89. The lowest BCUT2D eigenvalue weighted by Gasteiger charge is -2.36. The summed E-state index contributed by atoms with van der Waals surface area (Å²) in [6, 6.07) is 11.6. The van der Waals surface area contributed by atoms with Crippen LogP contribution in [0.3, 0.4) is 0 Å². The lowest BCUT2D eigenvalue weighted by atomic mass is 9.89. The molecule has 4 rings (SSSR count). The lowest BCUT2D eigenvalue weighted by molar-refractivity contribution is 0.167. The van der Waals surface area contributed by atoms with Crippen LogP contribution in [0.1, 0.15) is 39.5 Å². The van der Waals surface area contributed by atoms with Gasteiger partial charge >= 0.3 is 0 Å². The second-order valence-electron chi connectivity index (χ2n) is 9.04. The lowest BCUT2D eigenvalue weighted by Crippen LogP contribution is -2.40. The first-order valence-electron chi connectivity index (χ1n) is 11.8. The molecular formula is C26H32ClN3O3S. The van der Waals surface area contributed by atoms with Gasteiger partial charge in [0.05, 0.1) is 16.2 Å². The number of phenolic OH excluding ortho intramolecular Hbond substituents is 1. The van der Waals surface area contributed by atoms with Crippen LogP contribution in [0.25, 0.3) is 22.0 Å². The fraction of sp³-hybridized carbons (Fsp3) is 0.423. The standard InChI is InChI=1S/C26H32ClN3O3S/c1-4-30(5-2)20-10-8-19(9-11-20)29-26-21-14-17(18-7-13-24(31)22(27)15-18)6-12-23(21)28-16-25(26)34(3,32)33/h6-7,12-16,19-20,31H,4-5,8-11H2,1-3H3,(H,28,29). The summed E-state index contributed by atoms with van der Waals surface area (Å²) in [7, 11) is -3.49. The highest BCUT2D eigenvalue weighted by atomic mass is 35.5. The van der Waals surface area contributed by atoms with Crippen LogP contribution in [-0.4, -0.2) is 54.8 Å². The van der Waals surface area contributed by atoms with Crippen molar-refractivity contribution in [1.82, 2.24) is 9.88 Å². The molecule has 8 heteroatoms. The third-order valence-corrected chi connectivity index (χ3v) is 8.30. The number of halogens is 1. The molecule has 0 bridgehead atoms. The first-order chi connectivity index (χ1) is 16.2. The number of nitrogens with zero attached hydrogens (tertiary/aromatic N) is 2. The van der Waals surface area contributed by atoms with E-state index in [1.165, 1.54) is 12.5 Å². The number of nitrogens with one attached hydrogen (secondary N) is 1. The minimum absolute atomic E-state index is 0.0231. The monoisotopic (exact) mass is 501 g/mol. The number of aromatic hydroxyl groups is 1. The van der Waals surface area contributed by atoms with Gasteiger partial charge in [0.15, 0.2) is 9.84 Å². The normalized spacial score (nSPS) is 19.0.